The number of para-hydroxylation sites is 2. The summed E-state index contributed by atoms with van der Waals surface area (Å²) in [7, 11) is 0. The highest BCUT2D eigenvalue weighted by Crippen LogP contribution is 2.47. The van der Waals surface area contributed by atoms with Gasteiger partial charge in [-0.1, -0.05) is 116 Å². The average Bonchev–Trinajstić information content (AvgIpc) is 3.55. The third-order valence-electron chi connectivity index (χ3n) is 7.92. The minimum atomic E-state index is 0.680. The van der Waals surface area contributed by atoms with Crippen LogP contribution in [0.2, 0.25) is 0 Å². The molecule has 0 aliphatic rings. The Morgan fingerprint density at radius 2 is 1.37 bits per heavy atom. The number of benzene rings is 5. The summed E-state index contributed by atoms with van der Waals surface area (Å²) in [5.41, 5.74) is 6.43. The molecule has 8 aromatic rings. The van der Waals surface area contributed by atoms with E-state index in [0.717, 1.165) is 33.2 Å². The van der Waals surface area contributed by atoms with Crippen LogP contribution in [0.4, 0.5) is 0 Å². The molecule has 3 nitrogen and oxygen atoms in total. The van der Waals surface area contributed by atoms with Gasteiger partial charge >= 0.3 is 0 Å². The topological polar surface area (TPSA) is 30.7 Å². The molecule has 0 saturated carbocycles. The zero-order valence-corrected chi connectivity index (χ0v) is 23.3. The van der Waals surface area contributed by atoms with E-state index in [4.69, 9.17) is 9.97 Å². The maximum absolute atomic E-state index is 5.31. The highest BCUT2D eigenvalue weighted by atomic mass is 32.1. The molecule has 41 heavy (non-hydrogen) atoms. The Morgan fingerprint density at radius 3 is 2.15 bits per heavy atom. The fourth-order valence-corrected chi connectivity index (χ4v) is 7.39. The lowest BCUT2D eigenvalue weighted by Gasteiger charge is -2.12. The van der Waals surface area contributed by atoms with Crippen LogP contribution in [0, 0.1) is 6.92 Å². The Kier molecular flexibility index (Phi) is 5.37. The van der Waals surface area contributed by atoms with Gasteiger partial charge in [0.2, 0.25) is 5.95 Å². The van der Waals surface area contributed by atoms with E-state index in [9.17, 15) is 0 Å². The first-order chi connectivity index (χ1) is 20.2. The molecule has 0 atom stereocenters. The molecular formula is C37H25N3S. The Balaban J connectivity index is 1.61. The molecule has 0 unspecified atom stereocenters. The fraction of sp³-hybridized carbons (Fsp3) is 0.0270. The fourth-order valence-electron chi connectivity index (χ4n) is 6.19. The van der Waals surface area contributed by atoms with Gasteiger partial charge < -0.3 is 0 Å². The summed E-state index contributed by atoms with van der Waals surface area (Å²) in [6.07, 6.45) is 6.06. The molecule has 0 fully saturated rings. The number of hydrogen-bond acceptors (Lipinski definition) is 3. The zero-order chi connectivity index (χ0) is 27.5. The van der Waals surface area contributed by atoms with Crippen LogP contribution >= 0.6 is 11.3 Å². The smallest absolute Gasteiger partial charge is 0.235 e. The second-order valence-electron chi connectivity index (χ2n) is 10.2. The normalized spacial score (nSPS) is 12.0. The first-order valence-electron chi connectivity index (χ1n) is 13.7. The van der Waals surface area contributed by atoms with Gasteiger partial charge in [0.1, 0.15) is 0 Å². The van der Waals surface area contributed by atoms with Gasteiger partial charge in [-0.3, -0.25) is 4.57 Å². The molecule has 0 amide bonds. The SMILES string of the molecule is C=C/C=C\c1c(C)sc2c1c1ccccc1c1c3ccccc3n(-c3nc(-c4ccccc4)c4ccccc4n3)c21. The number of thiophene rings is 1. The number of allylic oxidation sites excluding steroid dienone is 2. The van der Waals surface area contributed by atoms with Crippen LogP contribution in [0.1, 0.15) is 10.4 Å². The lowest BCUT2D eigenvalue weighted by atomic mass is 9.98. The van der Waals surface area contributed by atoms with Crippen molar-refractivity contribution in [1.82, 2.24) is 14.5 Å². The van der Waals surface area contributed by atoms with Crippen LogP contribution in [0.15, 0.2) is 122 Å². The van der Waals surface area contributed by atoms with Crippen LogP contribution in [-0.4, -0.2) is 14.5 Å². The maximum Gasteiger partial charge on any atom is 0.235 e. The molecule has 0 bridgehead atoms. The van der Waals surface area contributed by atoms with Crippen LogP contribution in [0.3, 0.4) is 0 Å². The van der Waals surface area contributed by atoms with Gasteiger partial charge in [-0.05, 0) is 35.4 Å². The number of nitrogens with zero attached hydrogens (tertiary/aromatic N) is 3. The summed E-state index contributed by atoms with van der Waals surface area (Å²) < 4.78 is 3.53. The Morgan fingerprint density at radius 1 is 0.707 bits per heavy atom. The van der Waals surface area contributed by atoms with Gasteiger partial charge in [0.05, 0.1) is 26.9 Å². The number of aryl methyl sites for hydroxylation is 1. The third-order valence-corrected chi connectivity index (χ3v) is 9.05. The van der Waals surface area contributed by atoms with Crippen LogP contribution in [0.5, 0.6) is 0 Å². The van der Waals surface area contributed by atoms with Crippen molar-refractivity contribution >= 4 is 71.0 Å². The van der Waals surface area contributed by atoms with Gasteiger partial charge in [-0.15, -0.1) is 11.3 Å². The molecule has 4 heteroatoms. The van der Waals surface area contributed by atoms with E-state index >= 15 is 0 Å². The first-order valence-corrected chi connectivity index (χ1v) is 14.5. The second-order valence-corrected chi connectivity index (χ2v) is 11.5. The molecule has 3 aromatic heterocycles. The lowest BCUT2D eigenvalue weighted by molar-refractivity contribution is 1.02. The molecule has 0 aliphatic carbocycles. The standard InChI is InChI=1S/C37H25N3S/c1-3-4-16-25-23(2)41-36-33(25)27-18-9-8-17-26(27)32-29-20-11-13-22-31(29)40(35(32)36)37-38-30-21-12-10-19-28(30)34(39-37)24-14-6-5-7-15-24/h3-22H,1H2,2H3/b16-4-. The predicted molar refractivity (Wildman–Crippen MR) is 176 cm³/mol. The van der Waals surface area contributed by atoms with Crippen molar-refractivity contribution < 1.29 is 0 Å². The molecule has 3 heterocycles. The van der Waals surface area contributed by atoms with Crippen molar-refractivity contribution in [3.05, 3.63) is 132 Å². The number of hydrogen-bond donors (Lipinski definition) is 0. The van der Waals surface area contributed by atoms with Gasteiger partial charge in [0, 0.05) is 32.0 Å². The molecule has 0 saturated heterocycles. The summed E-state index contributed by atoms with van der Waals surface area (Å²) in [5.74, 6) is 0.680. The minimum absolute atomic E-state index is 0.680. The lowest BCUT2D eigenvalue weighted by Crippen LogP contribution is -2.03. The molecule has 8 rings (SSSR count). The van der Waals surface area contributed by atoms with Crippen LogP contribution < -0.4 is 0 Å². The number of rotatable bonds is 4. The summed E-state index contributed by atoms with van der Waals surface area (Å²) >= 11 is 1.84. The van der Waals surface area contributed by atoms with Gasteiger partial charge in [-0.2, -0.15) is 0 Å². The molecule has 0 aliphatic heterocycles. The Labute approximate surface area is 241 Å². The Bertz CT molecular complexity index is 2340. The van der Waals surface area contributed by atoms with Crippen LogP contribution in [-0.2, 0) is 0 Å². The van der Waals surface area contributed by atoms with E-state index in [1.54, 1.807) is 0 Å². The van der Waals surface area contributed by atoms with Crippen molar-refractivity contribution in [2.45, 2.75) is 6.92 Å². The van der Waals surface area contributed by atoms with E-state index < -0.39 is 0 Å². The zero-order valence-electron chi connectivity index (χ0n) is 22.5. The average molecular weight is 544 g/mol. The number of fused-ring (bicyclic) bond motifs is 9. The van der Waals surface area contributed by atoms with Crippen molar-refractivity contribution in [3.63, 3.8) is 0 Å². The van der Waals surface area contributed by atoms with Crippen LogP contribution in [0.25, 0.3) is 76.8 Å². The van der Waals surface area contributed by atoms with Gasteiger partial charge in [0.25, 0.3) is 0 Å². The molecule has 0 spiro atoms. The van der Waals surface area contributed by atoms with Crippen molar-refractivity contribution in [1.29, 1.82) is 0 Å². The van der Waals surface area contributed by atoms with E-state index in [-0.39, 0.29) is 0 Å². The summed E-state index contributed by atoms with van der Waals surface area (Å²) in [5, 5.41) is 7.25. The highest BCUT2D eigenvalue weighted by Gasteiger charge is 2.23. The van der Waals surface area contributed by atoms with E-state index in [1.165, 1.54) is 42.1 Å². The first kappa shape index (κ1) is 23.8. The monoisotopic (exact) mass is 543 g/mol. The highest BCUT2D eigenvalue weighted by molar-refractivity contribution is 7.20. The molecule has 0 radical (unpaired) electrons. The molecule has 194 valence electrons. The maximum atomic E-state index is 5.31. The molecule has 5 aromatic carbocycles. The second kappa shape index (κ2) is 9.26. The number of aromatic nitrogens is 3. The van der Waals surface area contributed by atoms with Crippen molar-refractivity contribution in [3.8, 4) is 17.2 Å². The van der Waals surface area contributed by atoms with E-state index in [1.807, 2.05) is 35.6 Å². The summed E-state index contributed by atoms with van der Waals surface area (Å²) in [6.45, 7) is 6.13. The van der Waals surface area contributed by atoms with Crippen molar-refractivity contribution in [2.24, 2.45) is 0 Å². The largest absolute Gasteiger partial charge is 0.276 e. The predicted octanol–water partition coefficient (Wildman–Crippen LogP) is 10.3. The summed E-state index contributed by atoms with van der Waals surface area (Å²) in [4.78, 5) is 11.8. The third kappa shape index (κ3) is 3.51. The summed E-state index contributed by atoms with van der Waals surface area (Å²) in [6, 6.07) is 36.1. The van der Waals surface area contributed by atoms with E-state index in [0.29, 0.717) is 5.95 Å². The Hall–Kier alpha value is -5.06. The minimum Gasteiger partial charge on any atom is -0.276 e. The molecular weight excluding hydrogens is 518 g/mol. The van der Waals surface area contributed by atoms with Crippen molar-refractivity contribution in [2.75, 3.05) is 0 Å². The van der Waals surface area contributed by atoms with Gasteiger partial charge in [-0.25, -0.2) is 9.97 Å². The quantitative estimate of drug-likeness (QED) is 0.207. The van der Waals surface area contributed by atoms with E-state index in [2.05, 4.69) is 115 Å². The van der Waals surface area contributed by atoms with Gasteiger partial charge in [0.15, 0.2) is 0 Å². The molecule has 0 N–H and O–H groups in total.